The lowest BCUT2D eigenvalue weighted by Gasteiger charge is -2.36. The molecule has 6 heteroatoms. The number of carbonyl (C=O) groups excluding carboxylic acids is 2. The molecule has 0 bridgehead atoms. The van der Waals surface area contributed by atoms with Crippen LogP contribution in [0.1, 0.15) is 13.3 Å². The quantitative estimate of drug-likeness (QED) is 0.798. The summed E-state index contributed by atoms with van der Waals surface area (Å²) in [5.74, 6) is 0.323. The number of amides is 2. The number of nitrogens with one attached hydrogen (secondary N) is 1. The Hall–Kier alpha value is -3.02. The maximum atomic E-state index is 12.4. The standard InChI is InChI=1S/C21H25N3O3/c1-2-27-19-10-8-17(9-11-19)22-20(25)16-21(26)24-14-12-23(13-15-24)18-6-4-3-5-7-18/h3-11H,2,12-16H2,1H3,(H,22,25). The van der Waals surface area contributed by atoms with Crippen LogP contribution in [0.5, 0.6) is 5.75 Å². The summed E-state index contributed by atoms with van der Waals surface area (Å²) in [7, 11) is 0. The van der Waals surface area contributed by atoms with E-state index >= 15 is 0 Å². The van der Waals surface area contributed by atoms with E-state index in [1.54, 1.807) is 29.2 Å². The maximum absolute atomic E-state index is 12.4. The van der Waals surface area contributed by atoms with E-state index in [1.165, 1.54) is 0 Å². The Kier molecular flexibility index (Phi) is 6.30. The molecule has 0 radical (unpaired) electrons. The lowest BCUT2D eigenvalue weighted by Crippen LogP contribution is -2.49. The van der Waals surface area contributed by atoms with Gasteiger partial charge in [-0.25, -0.2) is 0 Å². The monoisotopic (exact) mass is 367 g/mol. The van der Waals surface area contributed by atoms with Crippen molar-refractivity contribution < 1.29 is 14.3 Å². The highest BCUT2D eigenvalue weighted by molar-refractivity contribution is 6.03. The van der Waals surface area contributed by atoms with Crippen LogP contribution in [-0.2, 0) is 9.59 Å². The van der Waals surface area contributed by atoms with E-state index in [9.17, 15) is 9.59 Å². The molecule has 0 saturated carbocycles. The minimum Gasteiger partial charge on any atom is -0.494 e. The summed E-state index contributed by atoms with van der Waals surface area (Å²) in [4.78, 5) is 28.6. The van der Waals surface area contributed by atoms with Crippen LogP contribution in [0.4, 0.5) is 11.4 Å². The van der Waals surface area contributed by atoms with Crippen molar-refractivity contribution >= 4 is 23.2 Å². The fraction of sp³-hybridized carbons (Fsp3) is 0.333. The van der Waals surface area contributed by atoms with Crippen LogP contribution >= 0.6 is 0 Å². The number of piperazine rings is 1. The Balaban J connectivity index is 1.45. The number of para-hydroxylation sites is 1. The van der Waals surface area contributed by atoms with Gasteiger partial charge in [0, 0.05) is 37.6 Å². The first-order valence-electron chi connectivity index (χ1n) is 9.26. The van der Waals surface area contributed by atoms with Crippen molar-refractivity contribution in [2.45, 2.75) is 13.3 Å². The number of benzene rings is 2. The minimum atomic E-state index is -0.297. The zero-order valence-electron chi connectivity index (χ0n) is 15.6. The van der Waals surface area contributed by atoms with E-state index in [1.807, 2.05) is 25.1 Å². The number of hydrogen-bond donors (Lipinski definition) is 1. The van der Waals surface area contributed by atoms with Gasteiger partial charge in [0.1, 0.15) is 12.2 Å². The zero-order chi connectivity index (χ0) is 19.1. The number of carbonyl (C=O) groups is 2. The molecule has 27 heavy (non-hydrogen) atoms. The third kappa shape index (κ3) is 5.23. The minimum absolute atomic E-state index is 0.133. The number of nitrogens with zero attached hydrogens (tertiary/aromatic N) is 2. The van der Waals surface area contributed by atoms with Gasteiger partial charge in [0.15, 0.2) is 0 Å². The highest BCUT2D eigenvalue weighted by atomic mass is 16.5. The van der Waals surface area contributed by atoms with Gasteiger partial charge in [-0.3, -0.25) is 9.59 Å². The zero-order valence-corrected chi connectivity index (χ0v) is 15.6. The third-order valence-corrected chi connectivity index (χ3v) is 4.51. The highest BCUT2D eigenvalue weighted by Gasteiger charge is 2.22. The summed E-state index contributed by atoms with van der Waals surface area (Å²) >= 11 is 0. The second-order valence-electron chi connectivity index (χ2n) is 6.39. The molecule has 1 fully saturated rings. The van der Waals surface area contributed by atoms with Gasteiger partial charge in [-0.2, -0.15) is 0 Å². The number of hydrogen-bond acceptors (Lipinski definition) is 4. The normalized spacial score (nSPS) is 14.0. The molecular formula is C21H25N3O3. The summed E-state index contributed by atoms with van der Waals surface area (Å²) in [5.41, 5.74) is 1.82. The largest absolute Gasteiger partial charge is 0.494 e. The molecule has 1 heterocycles. The molecule has 142 valence electrons. The molecule has 2 aromatic rings. The average molecular weight is 367 g/mol. The first-order valence-corrected chi connectivity index (χ1v) is 9.26. The summed E-state index contributed by atoms with van der Waals surface area (Å²) in [6, 6.07) is 17.3. The van der Waals surface area contributed by atoms with Gasteiger partial charge in [0.05, 0.1) is 6.61 Å². The van der Waals surface area contributed by atoms with Crippen LogP contribution in [-0.4, -0.2) is 49.5 Å². The number of rotatable bonds is 6. The molecule has 0 unspecified atom stereocenters. The summed E-state index contributed by atoms with van der Waals surface area (Å²) in [6.07, 6.45) is -0.140. The van der Waals surface area contributed by atoms with Crippen molar-refractivity contribution in [3.8, 4) is 5.75 Å². The van der Waals surface area contributed by atoms with E-state index in [0.717, 1.165) is 24.5 Å². The Bertz CT molecular complexity index is 754. The number of anilines is 2. The second-order valence-corrected chi connectivity index (χ2v) is 6.39. The van der Waals surface area contributed by atoms with E-state index in [-0.39, 0.29) is 18.2 Å². The van der Waals surface area contributed by atoms with E-state index in [0.29, 0.717) is 25.4 Å². The van der Waals surface area contributed by atoms with E-state index in [2.05, 4.69) is 22.3 Å². The first kappa shape index (κ1) is 18.8. The van der Waals surface area contributed by atoms with Crippen LogP contribution in [0.25, 0.3) is 0 Å². The van der Waals surface area contributed by atoms with Crippen molar-refractivity contribution in [2.24, 2.45) is 0 Å². The van der Waals surface area contributed by atoms with Crippen molar-refractivity contribution in [3.63, 3.8) is 0 Å². The Morgan fingerprint density at radius 3 is 2.26 bits per heavy atom. The summed E-state index contributed by atoms with van der Waals surface area (Å²) in [6.45, 7) is 5.32. The molecule has 1 saturated heterocycles. The molecule has 0 aliphatic carbocycles. The van der Waals surface area contributed by atoms with Crippen LogP contribution in [0, 0.1) is 0 Å². The predicted molar refractivity (Wildman–Crippen MR) is 106 cm³/mol. The van der Waals surface area contributed by atoms with Crippen LogP contribution in [0.15, 0.2) is 54.6 Å². The third-order valence-electron chi connectivity index (χ3n) is 4.51. The van der Waals surface area contributed by atoms with Crippen LogP contribution in [0.2, 0.25) is 0 Å². The van der Waals surface area contributed by atoms with Gasteiger partial charge >= 0.3 is 0 Å². The first-order chi connectivity index (χ1) is 13.2. The van der Waals surface area contributed by atoms with Crippen molar-refractivity contribution in [2.75, 3.05) is 43.0 Å². The molecule has 3 rings (SSSR count). The van der Waals surface area contributed by atoms with Crippen molar-refractivity contribution in [3.05, 3.63) is 54.6 Å². The topological polar surface area (TPSA) is 61.9 Å². The van der Waals surface area contributed by atoms with Crippen LogP contribution < -0.4 is 15.0 Å². The van der Waals surface area contributed by atoms with Gasteiger partial charge in [0.2, 0.25) is 11.8 Å². The van der Waals surface area contributed by atoms with Crippen molar-refractivity contribution in [1.29, 1.82) is 0 Å². The Morgan fingerprint density at radius 1 is 0.963 bits per heavy atom. The van der Waals surface area contributed by atoms with Gasteiger partial charge < -0.3 is 19.9 Å². The Morgan fingerprint density at radius 2 is 1.63 bits per heavy atom. The van der Waals surface area contributed by atoms with Crippen LogP contribution in [0.3, 0.4) is 0 Å². The number of ether oxygens (including phenoxy) is 1. The molecule has 0 atom stereocenters. The Labute approximate surface area is 159 Å². The average Bonchev–Trinajstić information content (AvgIpc) is 2.70. The van der Waals surface area contributed by atoms with Gasteiger partial charge in [-0.1, -0.05) is 18.2 Å². The summed E-state index contributed by atoms with van der Waals surface area (Å²) < 4.78 is 5.37. The summed E-state index contributed by atoms with van der Waals surface area (Å²) in [5, 5.41) is 2.76. The second kappa shape index (κ2) is 9.07. The van der Waals surface area contributed by atoms with Crippen molar-refractivity contribution in [1.82, 2.24) is 4.90 Å². The fourth-order valence-corrected chi connectivity index (χ4v) is 3.11. The smallest absolute Gasteiger partial charge is 0.233 e. The van der Waals surface area contributed by atoms with Gasteiger partial charge in [-0.05, 0) is 43.3 Å². The molecule has 0 aromatic heterocycles. The lowest BCUT2D eigenvalue weighted by molar-refractivity contribution is -0.134. The van der Waals surface area contributed by atoms with E-state index in [4.69, 9.17) is 4.74 Å². The van der Waals surface area contributed by atoms with E-state index < -0.39 is 0 Å². The molecule has 2 amide bonds. The molecule has 1 N–H and O–H groups in total. The maximum Gasteiger partial charge on any atom is 0.233 e. The van der Waals surface area contributed by atoms with Gasteiger partial charge in [0.25, 0.3) is 0 Å². The van der Waals surface area contributed by atoms with Gasteiger partial charge in [-0.15, -0.1) is 0 Å². The fourth-order valence-electron chi connectivity index (χ4n) is 3.11. The molecule has 0 spiro atoms. The lowest BCUT2D eigenvalue weighted by atomic mass is 10.2. The molecule has 6 nitrogen and oxygen atoms in total. The molecular weight excluding hydrogens is 342 g/mol. The molecule has 1 aliphatic rings. The SMILES string of the molecule is CCOc1ccc(NC(=O)CC(=O)N2CCN(c3ccccc3)CC2)cc1. The molecule has 2 aromatic carbocycles. The highest BCUT2D eigenvalue weighted by Crippen LogP contribution is 2.17. The molecule has 1 aliphatic heterocycles. The predicted octanol–water partition coefficient (Wildman–Crippen LogP) is 2.76.